The Hall–Kier alpha value is -1.06. The zero-order valence-electron chi connectivity index (χ0n) is 10.7. The number of piperidine rings is 1. The van der Waals surface area contributed by atoms with Crippen molar-refractivity contribution in [3.8, 4) is 0 Å². The van der Waals surface area contributed by atoms with E-state index in [2.05, 4.69) is 36.1 Å². The molecule has 0 atom stereocenters. The summed E-state index contributed by atoms with van der Waals surface area (Å²) < 4.78 is 0. The van der Waals surface area contributed by atoms with Gasteiger partial charge in [-0.25, -0.2) is 0 Å². The Morgan fingerprint density at radius 3 is 2.35 bits per heavy atom. The number of hydrogen-bond donors (Lipinski definition) is 2. The van der Waals surface area contributed by atoms with Gasteiger partial charge in [0.05, 0.1) is 0 Å². The summed E-state index contributed by atoms with van der Waals surface area (Å²) in [4.78, 5) is 2.44. The van der Waals surface area contributed by atoms with Crippen LogP contribution in [0, 0.1) is 12.3 Å². The third kappa shape index (κ3) is 2.61. The van der Waals surface area contributed by atoms with Crippen LogP contribution in [0.4, 0.5) is 5.69 Å². The van der Waals surface area contributed by atoms with Gasteiger partial charge in [-0.2, -0.15) is 0 Å². The predicted molar refractivity (Wildman–Crippen MR) is 73.2 cm³/mol. The Labute approximate surface area is 104 Å². The molecule has 1 aromatic carbocycles. The Kier molecular flexibility index (Phi) is 3.69. The molecule has 0 amide bonds. The van der Waals surface area contributed by atoms with E-state index in [1.165, 1.54) is 11.3 Å². The first-order valence-corrected chi connectivity index (χ1v) is 6.41. The number of rotatable bonds is 3. The van der Waals surface area contributed by atoms with Crippen LogP contribution < -0.4 is 16.4 Å². The van der Waals surface area contributed by atoms with E-state index < -0.39 is 0 Å². The molecule has 1 heterocycles. The van der Waals surface area contributed by atoms with Gasteiger partial charge in [0.2, 0.25) is 0 Å². The van der Waals surface area contributed by atoms with Gasteiger partial charge in [-0.1, -0.05) is 12.1 Å². The minimum Gasteiger partial charge on any atom is -0.371 e. The Bertz CT molecular complexity index is 361. The molecule has 0 aromatic heterocycles. The molecule has 94 valence electrons. The molecule has 0 unspecified atom stereocenters. The lowest BCUT2D eigenvalue weighted by atomic mass is 9.78. The van der Waals surface area contributed by atoms with Crippen LogP contribution in [0.25, 0.3) is 0 Å². The second kappa shape index (κ2) is 5.07. The second-order valence-electron chi connectivity index (χ2n) is 5.23. The van der Waals surface area contributed by atoms with Crippen molar-refractivity contribution in [2.24, 2.45) is 16.9 Å². The average molecular weight is 233 g/mol. The molecule has 0 spiro atoms. The van der Waals surface area contributed by atoms with E-state index in [1.54, 1.807) is 0 Å². The fraction of sp³-hybridized carbons (Fsp3) is 0.571. The fourth-order valence-corrected chi connectivity index (χ4v) is 2.56. The summed E-state index contributed by atoms with van der Waals surface area (Å²) in [7, 11) is 0. The lowest BCUT2D eigenvalue weighted by molar-refractivity contribution is 0.238. The van der Waals surface area contributed by atoms with E-state index in [9.17, 15) is 0 Å². The van der Waals surface area contributed by atoms with Gasteiger partial charge in [-0.15, -0.1) is 0 Å². The van der Waals surface area contributed by atoms with Gasteiger partial charge in [0.1, 0.15) is 0 Å². The predicted octanol–water partition coefficient (Wildman–Crippen LogP) is 1.50. The minimum atomic E-state index is 0.181. The van der Waals surface area contributed by atoms with E-state index >= 15 is 0 Å². The molecule has 2 rings (SSSR count). The van der Waals surface area contributed by atoms with Crippen LogP contribution in [0.5, 0.6) is 0 Å². The number of benzene rings is 1. The van der Waals surface area contributed by atoms with Crippen molar-refractivity contribution < 1.29 is 0 Å². The second-order valence-corrected chi connectivity index (χ2v) is 5.23. The van der Waals surface area contributed by atoms with Crippen LogP contribution in [-0.2, 0) is 0 Å². The summed E-state index contributed by atoms with van der Waals surface area (Å²) >= 11 is 0. The van der Waals surface area contributed by atoms with Crippen molar-refractivity contribution in [2.45, 2.75) is 19.8 Å². The van der Waals surface area contributed by atoms with Gasteiger partial charge in [-0.3, -0.25) is 0 Å². The van der Waals surface area contributed by atoms with Crippen molar-refractivity contribution in [3.05, 3.63) is 29.8 Å². The first kappa shape index (κ1) is 12.4. The zero-order valence-corrected chi connectivity index (χ0v) is 10.7. The number of nitrogens with zero attached hydrogens (tertiary/aromatic N) is 1. The smallest absolute Gasteiger partial charge is 0.0368 e. The topological polar surface area (TPSA) is 55.3 Å². The summed E-state index contributed by atoms with van der Waals surface area (Å²) in [5.74, 6) is 0. The lowest BCUT2D eigenvalue weighted by Crippen LogP contribution is -2.47. The highest BCUT2D eigenvalue weighted by molar-refractivity contribution is 5.48. The maximum atomic E-state index is 5.86. The summed E-state index contributed by atoms with van der Waals surface area (Å²) in [5, 5.41) is 0. The molecule has 0 saturated carbocycles. The first-order valence-electron chi connectivity index (χ1n) is 6.41. The van der Waals surface area contributed by atoms with Crippen LogP contribution in [0.1, 0.15) is 18.4 Å². The van der Waals surface area contributed by atoms with Crippen molar-refractivity contribution in [1.29, 1.82) is 0 Å². The molecule has 0 radical (unpaired) electrons. The third-order valence-electron chi connectivity index (χ3n) is 4.06. The fourth-order valence-electron chi connectivity index (χ4n) is 2.56. The minimum absolute atomic E-state index is 0.181. The van der Waals surface area contributed by atoms with Gasteiger partial charge in [0.15, 0.2) is 0 Å². The van der Waals surface area contributed by atoms with Crippen molar-refractivity contribution in [2.75, 3.05) is 31.1 Å². The molecule has 4 N–H and O–H groups in total. The van der Waals surface area contributed by atoms with Crippen molar-refractivity contribution in [1.82, 2.24) is 0 Å². The van der Waals surface area contributed by atoms with E-state index in [0.29, 0.717) is 13.1 Å². The number of nitrogens with two attached hydrogens (primary N) is 2. The van der Waals surface area contributed by atoms with Gasteiger partial charge < -0.3 is 16.4 Å². The molecule has 1 saturated heterocycles. The third-order valence-corrected chi connectivity index (χ3v) is 4.06. The van der Waals surface area contributed by atoms with Gasteiger partial charge in [0, 0.05) is 18.8 Å². The Morgan fingerprint density at radius 2 is 1.82 bits per heavy atom. The van der Waals surface area contributed by atoms with E-state index in [1.807, 2.05) is 0 Å². The summed E-state index contributed by atoms with van der Waals surface area (Å²) in [6.45, 7) is 5.70. The number of anilines is 1. The molecule has 3 heteroatoms. The molecule has 1 aliphatic rings. The maximum absolute atomic E-state index is 5.86. The Morgan fingerprint density at radius 1 is 1.18 bits per heavy atom. The van der Waals surface area contributed by atoms with Crippen LogP contribution in [0.3, 0.4) is 0 Å². The van der Waals surface area contributed by atoms with E-state index in [4.69, 9.17) is 11.5 Å². The van der Waals surface area contributed by atoms with Gasteiger partial charge in [0.25, 0.3) is 0 Å². The SMILES string of the molecule is Cc1cccc(N2CCC(CN)(CN)CC2)c1. The monoisotopic (exact) mass is 233 g/mol. The molecular weight excluding hydrogens is 210 g/mol. The molecule has 1 aliphatic heterocycles. The van der Waals surface area contributed by atoms with E-state index in [-0.39, 0.29) is 5.41 Å². The summed E-state index contributed by atoms with van der Waals surface area (Å²) in [6.07, 6.45) is 2.21. The van der Waals surface area contributed by atoms with E-state index in [0.717, 1.165) is 25.9 Å². The van der Waals surface area contributed by atoms with Crippen molar-refractivity contribution in [3.63, 3.8) is 0 Å². The van der Waals surface area contributed by atoms with Gasteiger partial charge in [-0.05, 0) is 56.0 Å². The lowest BCUT2D eigenvalue weighted by Gasteiger charge is -2.41. The van der Waals surface area contributed by atoms with Crippen LogP contribution >= 0.6 is 0 Å². The number of aryl methyl sites for hydroxylation is 1. The van der Waals surface area contributed by atoms with Crippen LogP contribution in [0.2, 0.25) is 0 Å². The normalized spacial score (nSPS) is 19.4. The molecule has 1 fully saturated rings. The molecule has 1 aromatic rings. The molecule has 17 heavy (non-hydrogen) atoms. The van der Waals surface area contributed by atoms with Crippen molar-refractivity contribution >= 4 is 5.69 Å². The highest BCUT2D eigenvalue weighted by Crippen LogP contribution is 2.31. The number of hydrogen-bond acceptors (Lipinski definition) is 3. The summed E-state index contributed by atoms with van der Waals surface area (Å²) in [5.41, 5.74) is 14.5. The standard InChI is InChI=1S/C14H23N3/c1-12-3-2-4-13(9-12)17-7-5-14(10-15,11-16)6-8-17/h2-4,9H,5-8,10-11,15-16H2,1H3. The molecule has 0 bridgehead atoms. The molecule has 3 nitrogen and oxygen atoms in total. The molecule has 0 aliphatic carbocycles. The van der Waals surface area contributed by atoms with Crippen LogP contribution in [0.15, 0.2) is 24.3 Å². The first-order chi connectivity index (χ1) is 8.19. The largest absolute Gasteiger partial charge is 0.371 e. The Balaban J connectivity index is 2.04. The van der Waals surface area contributed by atoms with Gasteiger partial charge >= 0.3 is 0 Å². The molecular formula is C14H23N3. The average Bonchev–Trinajstić information content (AvgIpc) is 2.39. The summed E-state index contributed by atoms with van der Waals surface area (Å²) in [6, 6.07) is 8.69. The quantitative estimate of drug-likeness (QED) is 0.832. The highest BCUT2D eigenvalue weighted by Gasteiger charge is 2.31. The van der Waals surface area contributed by atoms with Crippen LogP contribution in [-0.4, -0.2) is 26.2 Å². The zero-order chi connectivity index (χ0) is 12.3. The maximum Gasteiger partial charge on any atom is 0.0368 e. The highest BCUT2D eigenvalue weighted by atomic mass is 15.1.